The number of carboxylic acids is 1. The van der Waals surface area contributed by atoms with Crippen LogP contribution in [0.15, 0.2) is 0 Å². The van der Waals surface area contributed by atoms with Gasteiger partial charge in [-0.1, -0.05) is 13.8 Å². The quantitative estimate of drug-likeness (QED) is 0.674. The van der Waals surface area contributed by atoms with E-state index in [9.17, 15) is 9.90 Å². The molecule has 1 aliphatic rings. The molecule has 1 aliphatic carbocycles. The Morgan fingerprint density at radius 2 is 1.83 bits per heavy atom. The molecule has 0 bridgehead atoms. The van der Waals surface area contributed by atoms with Gasteiger partial charge >= 0.3 is 5.97 Å². The summed E-state index contributed by atoms with van der Waals surface area (Å²) in [5.74, 6) is -0.839. The van der Waals surface area contributed by atoms with Gasteiger partial charge in [-0.25, -0.2) is 0 Å². The van der Waals surface area contributed by atoms with Crippen LogP contribution in [0.1, 0.15) is 39.5 Å². The second-order valence-corrected chi connectivity index (χ2v) is 3.63. The molecule has 0 radical (unpaired) electrons. The van der Waals surface area contributed by atoms with Crippen LogP contribution in [0.3, 0.4) is 0 Å². The van der Waals surface area contributed by atoms with Gasteiger partial charge in [0.05, 0.1) is 11.0 Å². The molecule has 70 valence electrons. The van der Waals surface area contributed by atoms with Gasteiger partial charge in [-0.05, 0) is 25.7 Å². The Kier molecular flexibility index (Phi) is 2.17. The third-order valence-electron chi connectivity index (χ3n) is 3.22. The number of carboxylic acid groups (broad SMARTS) is 1. The van der Waals surface area contributed by atoms with Crippen LogP contribution < -0.4 is 0 Å². The summed E-state index contributed by atoms with van der Waals surface area (Å²) in [5, 5.41) is 19.0. The van der Waals surface area contributed by atoms with Gasteiger partial charge in [0.2, 0.25) is 0 Å². The zero-order chi connectivity index (χ0) is 9.41. The molecule has 0 atom stereocenters. The highest BCUT2D eigenvalue weighted by molar-refractivity contribution is 5.79. The Morgan fingerprint density at radius 3 is 1.92 bits per heavy atom. The first kappa shape index (κ1) is 9.52. The Bertz CT molecular complexity index is 190. The van der Waals surface area contributed by atoms with Crippen LogP contribution in [0.5, 0.6) is 0 Å². The van der Waals surface area contributed by atoms with Crippen molar-refractivity contribution in [3.05, 3.63) is 0 Å². The molecule has 0 aliphatic heterocycles. The Labute approximate surface area is 72.4 Å². The fourth-order valence-electron chi connectivity index (χ4n) is 1.93. The van der Waals surface area contributed by atoms with Gasteiger partial charge in [0.1, 0.15) is 0 Å². The third kappa shape index (κ3) is 1.04. The minimum atomic E-state index is -0.987. The van der Waals surface area contributed by atoms with Crippen LogP contribution in [-0.2, 0) is 4.79 Å². The average Bonchev–Trinajstić information content (AvgIpc) is 2.83. The van der Waals surface area contributed by atoms with Gasteiger partial charge in [-0.3, -0.25) is 4.79 Å². The van der Waals surface area contributed by atoms with Crippen molar-refractivity contribution >= 4 is 5.97 Å². The van der Waals surface area contributed by atoms with Gasteiger partial charge in [0.25, 0.3) is 0 Å². The molecule has 1 rings (SSSR count). The number of hydrogen-bond acceptors (Lipinski definition) is 2. The topological polar surface area (TPSA) is 57.5 Å². The van der Waals surface area contributed by atoms with Crippen LogP contribution in [0, 0.1) is 5.41 Å². The number of hydrogen-bond donors (Lipinski definition) is 2. The van der Waals surface area contributed by atoms with E-state index < -0.39 is 17.0 Å². The lowest BCUT2D eigenvalue weighted by molar-refractivity contribution is -0.156. The van der Waals surface area contributed by atoms with Gasteiger partial charge in [0.15, 0.2) is 0 Å². The van der Waals surface area contributed by atoms with E-state index in [0.717, 1.165) is 0 Å². The second kappa shape index (κ2) is 2.73. The van der Waals surface area contributed by atoms with Crippen LogP contribution in [0.2, 0.25) is 0 Å². The van der Waals surface area contributed by atoms with Crippen LogP contribution in [-0.4, -0.2) is 21.8 Å². The summed E-state index contributed by atoms with van der Waals surface area (Å²) in [6.07, 6.45) is 2.30. The SMILES string of the molecule is CCC(O)(CC)C1(C(=O)O)CC1. The lowest BCUT2D eigenvalue weighted by atomic mass is 9.80. The van der Waals surface area contributed by atoms with E-state index in [0.29, 0.717) is 25.7 Å². The van der Waals surface area contributed by atoms with Gasteiger partial charge in [-0.2, -0.15) is 0 Å². The molecule has 0 saturated heterocycles. The van der Waals surface area contributed by atoms with Crippen molar-refractivity contribution in [1.29, 1.82) is 0 Å². The predicted octanol–water partition coefficient (Wildman–Crippen LogP) is 1.40. The zero-order valence-electron chi connectivity index (χ0n) is 7.63. The summed E-state index contributed by atoms with van der Waals surface area (Å²) in [6, 6.07) is 0. The lowest BCUT2D eigenvalue weighted by Crippen LogP contribution is -2.43. The smallest absolute Gasteiger partial charge is 0.312 e. The van der Waals surface area contributed by atoms with Crippen molar-refractivity contribution in [2.24, 2.45) is 5.41 Å². The number of aliphatic carboxylic acids is 1. The van der Waals surface area contributed by atoms with E-state index in [2.05, 4.69) is 0 Å². The molecule has 0 heterocycles. The minimum absolute atomic E-state index is 0.524. The highest BCUT2D eigenvalue weighted by Crippen LogP contribution is 2.56. The van der Waals surface area contributed by atoms with Crippen molar-refractivity contribution in [3.8, 4) is 0 Å². The molecule has 0 amide bonds. The molecule has 0 aromatic carbocycles. The Hall–Kier alpha value is -0.570. The standard InChI is InChI=1S/C9H16O3/c1-3-9(12,4-2)8(5-6-8)7(10)11/h12H,3-6H2,1-2H3,(H,10,11). The second-order valence-electron chi connectivity index (χ2n) is 3.63. The molecule has 0 spiro atoms. The summed E-state index contributed by atoms with van der Waals surface area (Å²) in [6.45, 7) is 3.68. The molecular weight excluding hydrogens is 156 g/mol. The van der Waals surface area contributed by atoms with Crippen LogP contribution in [0.4, 0.5) is 0 Å². The summed E-state index contributed by atoms with van der Waals surface area (Å²) in [7, 11) is 0. The molecule has 3 heteroatoms. The van der Waals surface area contributed by atoms with E-state index in [-0.39, 0.29) is 0 Å². The summed E-state index contributed by atoms with van der Waals surface area (Å²) in [4.78, 5) is 10.9. The fourth-order valence-corrected chi connectivity index (χ4v) is 1.93. The van der Waals surface area contributed by atoms with Crippen molar-refractivity contribution in [1.82, 2.24) is 0 Å². The first-order valence-electron chi connectivity index (χ1n) is 4.48. The molecule has 0 aromatic heterocycles. The first-order chi connectivity index (χ1) is 5.52. The van der Waals surface area contributed by atoms with Gasteiger partial charge in [0, 0.05) is 0 Å². The Morgan fingerprint density at radius 1 is 1.42 bits per heavy atom. The first-order valence-corrected chi connectivity index (χ1v) is 4.48. The minimum Gasteiger partial charge on any atom is -0.481 e. The normalized spacial score (nSPS) is 20.6. The van der Waals surface area contributed by atoms with E-state index in [1.54, 1.807) is 0 Å². The lowest BCUT2D eigenvalue weighted by Gasteiger charge is -2.31. The molecule has 2 N–H and O–H groups in total. The van der Waals surface area contributed by atoms with Crippen molar-refractivity contribution in [2.75, 3.05) is 0 Å². The highest BCUT2D eigenvalue weighted by atomic mass is 16.4. The molecule has 1 fully saturated rings. The highest BCUT2D eigenvalue weighted by Gasteiger charge is 2.62. The van der Waals surface area contributed by atoms with Gasteiger partial charge < -0.3 is 10.2 Å². The molecule has 0 aromatic rings. The summed E-state index contributed by atoms with van der Waals surface area (Å²) in [5.41, 5.74) is -1.81. The van der Waals surface area contributed by atoms with Crippen LogP contribution in [0.25, 0.3) is 0 Å². The van der Waals surface area contributed by atoms with E-state index in [1.807, 2.05) is 13.8 Å². The zero-order valence-corrected chi connectivity index (χ0v) is 7.63. The molecular formula is C9H16O3. The maximum atomic E-state index is 10.9. The van der Waals surface area contributed by atoms with Crippen molar-refractivity contribution in [3.63, 3.8) is 0 Å². The monoisotopic (exact) mass is 172 g/mol. The number of aliphatic hydroxyl groups is 1. The number of carbonyl (C=O) groups is 1. The maximum absolute atomic E-state index is 10.9. The molecule has 1 saturated carbocycles. The van der Waals surface area contributed by atoms with E-state index >= 15 is 0 Å². The molecule has 0 unspecified atom stereocenters. The number of rotatable bonds is 4. The third-order valence-corrected chi connectivity index (χ3v) is 3.22. The van der Waals surface area contributed by atoms with Crippen LogP contribution >= 0.6 is 0 Å². The predicted molar refractivity (Wildman–Crippen MR) is 44.8 cm³/mol. The fraction of sp³-hybridized carbons (Fsp3) is 0.889. The van der Waals surface area contributed by atoms with E-state index in [1.165, 1.54) is 0 Å². The Balaban J connectivity index is 2.85. The maximum Gasteiger partial charge on any atom is 0.312 e. The van der Waals surface area contributed by atoms with Gasteiger partial charge in [-0.15, -0.1) is 0 Å². The largest absolute Gasteiger partial charge is 0.481 e. The van der Waals surface area contributed by atoms with E-state index in [4.69, 9.17) is 5.11 Å². The average molecular weight is 172 g/mol. The molecule has 3 nitrogen and oxygen atoms in total. The summed E-state index contributed by atoms with van der Waals surface area (Å²) >= 11 is 0. The van der Waals surface area contributed by atoms with Crippen molar-refractivity contribution < 1.29 is 15.0 Å². The molecule has 12 heavy (non-hydrogen) atoms. The summed E-state index contributed by atoms with van der Waals surface area (Å²) < 4.78 is 0. The van der Waals surface area contributed by atoms with Crippen molar-refractivity contribution in [2.45, 2.75) is 45.1 Å².